The van der Waals surface area contributed by atoms with E-state index in [1.54, 1.807) is 18.3 Å². The van der Waals surface area contributed by atoms with Crippen molar-refractivity contribution in [1.29, 1.82) is 0 Å². The first-order valence-electron chi connectivity index (χ1n) is 13.4. The summed E-state index contributed by atoms with van der Waals surface area (Å²) >= 11 is 0. The standard InChI is InChI=1S/C23H15FN2.C12H13N.CH3F/c24-17-11-9-16(10-12-17)21-15-18(13-14-25-21)26-22-7-3-1-5-19(22)20-6-2-4-8-23(20)26;1-3-6-10-9(2)13-12-8-5-4-7-11(10)12;1-2/h1-15H;3-8,13H,1-2H3;1H3/b;6-3-;. The van der Waals surface area contributed by atoms with Crippen molar-refractivity contribution in [2.75, 3.05) is 7.18 Å². The van der Waals surface area contributed by atoms with Crippen molar-refractivity contribution >= 4 is 38.8 Å². The van der Waals surface area contributed by atoms with Crippen LogP contribution in [-0.2, 0) is 0 Å². The van der Waals surface area contributed by atoms with E-state index in [9.17, 15) is 8.78 Å². The van der Waals surface area contributed by atoms with Gasteiger partial charge in [0.25, 0.3) is 0 Å². The average Bonchev–Trinajstić information content (AvgIpc) is 3.53. The second-order valence-electron chi connectivity index (χ2n) is 9.49. The molecule has 0 amide bonds. The Labute approximate surface area is 238 Å². The number of H-pyrrole nitrogens is 1. The number of nitrogens with one attached hydrogen (secondary N) is 1. The summed E-state index contributed by atoms with van der Waals surface area (Å²) in [5.41, 5.74) is 8.83. The number of hydrogen-bond donors (Lipinski definition) is 1. The van der Waals surface area contributed by atoms with E-state index in [1.165, 1.54) is 45.1 Å². The van der Waals surface area contributed by atoms with Gasteiger partial charge in [-0.25, -0.2) is 4.39 Å². The van der Waals surface area contributed by atoms with Crippen molar-refractivity contribution in [2.45, 2.75) is 13.8 Å². The lowest BCUT2D eigenvalue weighted by Gasteiger charge is -2.09. The third-order valence-electron chi connectivity index (χ3n) is 7.00. The highest BCUT2D eigenvalue weighted by molar-refractivity contribution is 6.09. The predicted octanol–water partition coefficient (Wildman–Crippen LogP) is 10.1. The van der Waals surface area contributed by atoms with Gasteiger partial charge in [0.1, 0.15) is 5.82 Å². The summed E-state index contributed by atoms with van der Waals surface area (Å²) in [6.07, 6.45) is 6.02. The second kappa shape index (κ2) is 12.4. The maximum absolute atomic E-state index is 13.2. The second-order valence-corrected chi connectivity index (χ2v) is 9.49. The molecule has 0 aliphatic carbocycles. The van der Waals surface area contributed by atoms with Gasteiger partial charge in [0.15, 0.2) is 0 Å². The normalized spacial score (nSPS) is 11.0. The van der Waals surface area contributed by atoms with Crippen LogP contribution in [0.25, 0.3) is 55.7 Å². The summed E-state index contributed by atoms with van der Waals surface area (Å²) in [5, 5.41) is 3.75. The minimum absolute atomic E-state index is 0.243. The van der Waals surface area contributed by atoms with Crippen LogP contribution < -0.4 is 0 Å². The molecular weight excluding hydrogens is 512 g/mol. The minimum Gasteiger partial charge on any atom is -0.358 e. The summed E-state index contributed by atoms with van der Waals surface area (Å²) < 4.78 is 25.0. The molecule has 0 aliphatic heterocycles. The number of halogens is 2. The summed E-state index contributed by atoms with van der Waals surface area (Å²) in [5.74, 6) is -0.243. The van der Waals surface area contributed by atoms with Crippen molar-refractivity contribution in [3.63, 3.8) is 0 Å². The Morgan fingerprint density at radius 3 is 1.95 bits per heavy atom. The lowest BCUT2D eigenvalue weighted by molar-refractivity contribution is 0.628. The zero-order valence-corrected chi connectivity index (χ0v) is 23.3. The zero-order chi connectivity index (χ0) is 28.8. The minimum atomic E-state index is -0.243. The molecule has 0 radical (unpaired) electrons. The van der Waals surface area contributed by atoms with Crippen molar-refractivity contribution in [2.24, 2.45) is 0 Å². The third kappa shape index (κ3) is 5.52. The average molecular weight is 544 g/mol. The van der Waals surface area contributed by atoms with Gasteiger partial charge in [0.2, 0.25) is 0 Å². The van der Waals surface area contributed by atoms with Crippen LogP contribution in [-0.4, -0.2) is 21.7 Å². The predicted molar refractivity (Wildman–Crippen MR) is 169 cm³/mol. The molecular formula is C36H31F2N3. The molecule has 3 heterocycles. The molecule has 0 aliphatic rings. The third-order valence-corrected chi connectivity index (χ3v) is 7.00. The zero-order valence-electron chi connectivity index (χ0n) is 23.3. The Hall–Kier alpha value is -5.03. The Bertz CT molecular complexity index is 1890. The number of pyridine rings is 1. The van der Waals surface area contributed by atoms with Gasteiger partial charge in [-0.05, 0) is 68.4 Å². The Balaban J connectivity index is 0.000000189. The summed E-state index contributed by atoms with van der Waals surface area (Å²) in [6.45, 7) is 4.15. The largest absolute Gasteiger partial charge is 0.358 e. The summed E-state index contributed by atoms with van der Waals surface area (Å²) in [4.78, 5) is 7.83. The van der Waals surface area contributed by atoms with Crippen LogP contribution in [0.1, 0.15) is 18.2 Å². The molecule has 0 fully saturated rings. The van der Waals surface area contributed by atoms with E-state index in [4.69, 9.17) is 0 Å². The Kier molecular flexibility index (Phi) is 8.35. The molecule has 3 nitrogen and oxygen atoms in total. The first-order valence-corrected chi connectivity index (χ1v) is 13.4. The fraction of sp³-hybridized carbons (Fsp3) is 0.0833. The van der Waals surface area contributed by atoms with Gasteiger partial charge >= 0.3 is 0 Å². The maximum Gasteiger partial charge on any atom is 0.123 e. The molecule has 7 aromatic rings. The number of aryl methyl sites for hydroxylation is 1. The monoisotopic (exact) mass is 543 g/mol. The van der Waals surface area contributed by atoms with Gasteiger partial charge in [0, 0.05) is 50.4 Å². The highest BCUT2D eigenvalue weighted by atomic mass is 19.1. The summed E-state index contributed by atoms with van der Waals surface area (Å²) in [6, 6.07) is 35.7. The molecule has 0 spiro atoms. The molecule has 4 aromatic carbocycles. The molecule has 204 valence electrons. The van der Waals surface area contributed by atoms with E-state index in [1.807, 2.05) is 19.1 Å². The van der Waals surface area contributed by atoms with Gasteiger partial charge in [-0.15, -0.1) is 0 Å². The molecule has 1 N–H and O–H groups in total. The number of aromatic nitrogens is 3. The van der Waals surface area contributed by atoms with Gasteiger partial charge in [-0.2, -0.15) is 0 Å². The number of aromatic amines is 1. The summed E-state index contributed by atoms with van der Waals surface area (Å²) in [7, 11) is 0.500. The molecule has 0 unspecified atom stereocenters. The molecule has 0 saturated heterocycles. The van der Waals surface area contributed by atoms with Gasteiger partial charge in [0.05, 0.1) is 23.9 Å². The molecule has 5 heteroatoms. The van der Waals surface area contributed by atoms with Crippen LogP contribution in [0.2, 0.25) is 0 Å². The van der Waals surface area contributed by atoms with Crippen LogP contribution >= 0.6 is 0 Å². The molecule has 41 heavy (non-hydrogen) atoms. The van der Waals surface area contributed by atoms with E-state index in [0.29, 0.717) is 7.18 Å². The number of hydrogen-bond acceptors (Lipinski definition) is 1. The van der Waals surface area contributed by atoms with Crippen LogP contribution in [0, 0.1) is 12.7 Å². The highest BCUT2D eigenvalue weighted by Crippen LogP contribution is 2.32. The van der Waals surface area contributed by atoms with Gasteiger partial charge < -0.3 is 9.55 Å². The Morgan fingerprint density at radius 1 is 0.732 bits per heavy atom. The van der Waals surface area contributed by atoms with Crippen LogP contribution in [0.15, 0.2) is 121 Å². The quantitative estimate of drug-likeness (QED) is 0.236. The fourth-order valence-corrected chi connectivity index (χ4v) is 5.22. The number of allylic oxidation sites excluding steroid dienone is 1. The number of benzene rings is 4. The van der Waals surface area contributed by atoms with E-state index in [2.05, 4.69) is 106 Å². The smallest absolute Gasteiger partial charge is 0.123 e. The topological polar surface area (TPSA) is 33.6 Å². The highest BCUT2D eigenvalue weighted by Gasteiger charge is 2.12. The fourth-order valence-electron chi connectivity index (χ4n) is 5.22. The Morgan fingerprint density at radius 2 is 1.32 bits per heavy atom. The molecule has 0 saturated carbocycles. The number of fused-ring (bicyclic) bond motifs is 4. The van der Waals surface area contributed by atoms with E-state index < -0.39 is 0 Å². The maximum atomic E-state index is 13.2. The SMILES string of the molecule is C/C=C\c1c(C)[nH]c2ccccc12.CF.Fc1ccc(-c2cc(-n3c4ccccc4c4ccccc43)ccn2)cc1. The lowest BCUT2D eigenvalue weighted by Crippen LogP contribution is -1.95. The number of nitrogens with zero attached hydrogens (tertiary/aromatic N) is 2. The van der Waals surface area contributed by atoms with Crippen molar-refractivity contribution in [3.05, 3.63) is 139 Å². The lowest BCUT2D eigenvalue weighted by atomic mass is 10.1. The van der Waals surface area contributed by atoms with Crippen molar-refractivity contribution in [1.82, 2.24) is 14.5 Å². The van der Waals surface area contributed by atoms with Gasteiger partial charge in [-0.3, -0.25) is 9.37 Å². The van der Waals surface area contributed by atoms with Crippen LogP contribution in [0.5, 0.6) is 0 Å². The van der Waals surface area contributed by atoms with Gasteiger partial charge in [-0.1, -0.05) is 66.7 Å². The van der Waals surface area contributed by atoms with Crippen LogP contribution in [0.3, 0.4) is 0 Å². The molecule has 7 rings (SSSR count). The van der Waals surface area contributed by atoms with Crippen molar-refractivity contribution < 1.29 is 8.78 Å². The molecule has 0 bridgehead atoms. The van der Waals surface area contributed by atoms with Crippen molar-refractivity contribution in [3.8, 4) is 16.9 Å². The van der Waals surface area contributed by atoms with E-state index in [0.717, 1.165) is 28.0 Å². The van der Waals surface area contributed by atoms with E-state index >= 15 is 0 Å². The molecule has 3 aromatic heterocycles. The van der Waals surface area contributed by atoms with E-state index in [-0.39, 0.29) is 5.82 Å². The first-order chi connectivity index (χ1) is 20.1. The van der Waals surface area contributed by atoms with Crippen LogP contribution in [0.4, 0.5) is 8.78 Å². The number of rotatable bonds is 3. The molecule has 0 atom stereocenters. The number of alkyl halides is 1. The first kappa shape index (κ1) is 27.5. The number of para-hydroxylation sites is 3.